The number of H-pyrrole nitrogens is 1. The van der Waals surface area contributed by atoms with Gasteiger partial charge in [0.05, 0.1) is 11.4 Å². The summed E-state index contributed by atoms with van der Waals surface area (Å²) in [4.78, 5) is 3.72. The predicted octanol–water partition coefficient (Wildman–Crippen LogP) is 0.622. The molecule has 1 aromatic rings. The predicted molar refractivity (Wildman–Crippen MR) is 108 cm³/mol. The Morgan fingerprint density at radius 1 is 0.957 bits per heavy atom. The molecular weight excluding hydrogens is 370 g/mol. The molecule has 0 fully saturated rings. The number of hydrogen-bond acceptors (Lipinski definition) is 6. The molecule has 0 aliphatic heterocycles. The van der Waals surface area contributed by atoms with Crippen molar-refractivity contribution in [3.05, 3.63) is 11.4 Å². The Labute approximate surface area is 156 Å². The van der Waals surface area contributed by atoms with Gasteiger partial charge in [0.15, 0.2) is 10.2 Å². The Kier molecular flexibility index (Phi) is 9.60. The van der Waals surface area contributed by atoms with E-state index in [4.69, 9.17) is 35.9 Å². The highest BCUT2D eigenvalue weighted by Gasteiger charge is 2.09. The normalized spacial score (nSPS) is 10.5. The quantitative estimate of drug-likeness (QED) is 0.387. The van der Waals surface area contributed by atoms with E-state index < -0.39 is 0 Å². The first kappa shape index (κ1) is 20.3. The van der Waals surface area contributed by atoms with Crippen molar-refractivity contribution in [3.8, 4) is 0 Å². The second-order valence-corrected chi connectivity index (χ2v) is 7.89. The number of nitrogens with one attached hydrogen (secondary N) is 1. The first-order valence-corrected chi connectivity index (χ1v) is 10.1. The summed E-state index contributed by atoms with van der Waals surface area (Å²) in [5.41, 5.74) is 13.1. The Balaban J connectivity index is 2.25. The van der Waals surface area contributed by atoms with Crippen LogP contribution in [0.3, 0.4) is 0 Å². The van der Waals surface area contributed by atoms with Gasteiger partial charge in [-0.2, -0.15) is 38.9 Å². The van der Waals surface area contributed by atoms with Crippen LogP contribution in [0.2, 0.25) is 0 Å². The molecule has 0 aliphatic carbocycles. The van der Waals surface area contributed by atoms with Crippen molar-refractivity contribution in [2.24, 2.45) is 11.5 Å². The minimum Gasteiger partial charge on any atom is -0.376 e. The third-order valence-electron chi connectivity index (χ3n) is 3.08. The smallest absolute Gasteiger partial charge is 0.166 e. The molecule has 0 spiro atoms. The van der Waals surface area contributed by atoms with E-state index in [-0.39, 0.29) is 0 Å². The molecule has 0 amide bonds. The number of aromatic nitrogens is 3. The van der Waals surface area contributed by atoms with E-state index in [0.29, 0.717) is 10.2 Å². The van der Waals surface area contributed by atoms with Crippen molar-refractivity contribution in [2.45, 2.75) is 11.5 Å². The first-order valence-electron chi connectivity index (χ1n) is 6.97. The molecule has 11 heteroatoms. The number of aromatic amines is 1. The van der Waals surface area contributed by atoms with Gasteiger partial charge in [-0.05, 0) is 24.4 Å². The van der Waals surface area contributed by atoms with Gasteiger partial charge in [0, 0.05) is 50.2 Å². The molecule has 0 unspecified atom stereocenters. The SMILES string of the molecule is CN(CCSCc1n[nH]nc1CSCCN(C)C(N)=S)C(N)=S. The van der Waals surface area contributed by atoms with Gasteiger partial charge in [0.25, 0.3) is 0 Å². The Bertz CT molecular complexity index is 465. The van der Waals surface area contributed by atoms with E-state index in [1.165, 1.54) is 0 Å². The van der Waals surface area contributed by atoms with Crippen molar-refractivity contribution in [1.29, 1.82) is 0 Å². The summed E-state index contributed by atoms with van der Waals surface area (Å²) in [6, 6.07) is 0. The number of nitrogens with zero attached hydrogens (tertiary/aromatic N) is 4. The van der Waals surface area contributed by atoms with Crippen LogP contribution < -0.4 is 11.5 Å². The fourth-order valence-corrected chi connectivity index (χ4v) is 3.59. The third-order valence-corrected chi connectivity index (χ3v) is 5.60. The molecule has 0 aliphatic rings. The summed E-state index contributed by atoms with van der Waals surface area (Å²) in [5, 5.41) is 12.0. The summed E-state index contributed by atoms with van der Waals surface area (Å²) in [6.45, 7) is 1.65. The lowest BCUT2D eigenvalue weighted by Crippen LogP contribution is -2.33. The molecule has 23 heavy (non-hydrogen) atoms. The second kappa shape index (κ2) is 10.9. The summed E-state index contributed by atoms with van der Waals surface area (Å²) in [5.74, 6) is 3.52. The molecule has 0 saturated heterocycles. The van der Waals surface area contributed by atoms with Crippen LogP contribution in [0, 0.1) is 0 Å². The number of hydrogen-bond donors (Lipinski definition) is 3. The number of thioether (sulfide) groups is 2. The second-order valence-electron chi connectivity index (χ2n) is 4.84. The van der Waals surface area contributed by atoms with Gasteiger partial charge in [-0.1, -0.05) is 0 Å². The number of nitrogens with two attached hydrogens (primary N) is 2. The van der Waals surface area contributed by atoms with E-state index in [1.807, 2.05) is 23.9 Å². The van der Waals surface area contributed by atoms with Gasteiger partial charge < -0.3 is 21.3 Å². The minimum atomic E-state index is 0.422. The zero-order valence-electron chi connectivity index (χ0n) is 13.3. The topological polar surface area (TPSA) is 100 Å². The molecule has 130 valence electrons. The van der Waals surface area contributed by atoms with E-state index in [9.17, 15) is 0 Å². The maximum Gasteiger partial charge on any atom is 0.166 e. The van der Waals surface area contributed by atoms with Gasteiger partial charge in [0.1, 0.15) is 0 Å². The fraction of sp³-hybridized carbons (Fsp3) is 0.667. The molecule has 0 saturated carbocycles. The molecule has 0 bridgehead atoms. The van der Waals surface area contributed by atoms with Gasteiger partial charge in [-0.25, -0.2) is 0 Å². The monoisotopic (exact) mass is 393 g/mol. The molecule has 7 nitrogen and oxygen atoms in total. The van der Waals surface area contributed by atoms with E-state index in [2.05, 4.69) is 15.4 Å². The van der Waals surface area contributed by atoms with Crippen LogP contribution in [0.15, 0.2) is 0 Å². The van der Waals surface area contributed by atoms with E-state index in [1.54, 1.807) is 23.5 Å². The summed E-state index contributed by atoms with van der Waals surface area (Å²) in [6.07, 6.45) is 0. The first-order chi connectivity index (χ1) is 10.9. The molecular formula is C12H23N7S4. The highest BCUT2D eigenvalue weighted by molar-refractivity contribution is 7.98. The summed E-state index contributed by atoms with van der Waals surface area (Å²) in [7, 11) is 3.79. The Morgan fingerprint density at radius 2 is 1.35 bits per heavy atom. The average molecular weight is 394 g/mol. The molecule has 0 radical (unpaired) electrons. The molecule has 5 N–H and O–H groups in total. The largest absolute Gasteiger partial charge is 0.376 e. The van der Waals surface area contributed by atoms with Crippen molar-refractivity contribution in [3.63, 3.8) is 0 Å². The maximum absolute atomic E-state index is 5.54. The number of thiocarbonyl (C=S) groups is 2. The van der Waals surface area contributed by atoms with Crippen molar-refractivity contribution in [1.82, 2.24) is 25.2 Å². The van der Waals surface area contributed by atoms with Crippen LogP contribution in [0.1, 0.15) is 11.4 Å². The van der Waals surface area contributed by atoms with Crippen LogP contribution in [0.5, 0.6) is 0 Å². The van der Waals surface area contributed by atoms with Gasteiger partial charge in [-0.15, -0.1) is 0 Å². The lowest BCUT2D eigenvalue weighted by Gasteiger charge is -2.16. The molecule has 1 heterocycles. The zero-order valence-corrected chi connectivity index (χ0v) is 16.6. The summed E-state index contributed by atoms with van der Waals surface area (Å²) >= 11 is 13.4. The highest BCUT2D eigenvalue weighted by atomic mass is 32.2. The molecule has 1 aromatic heterocycles. The van der Waals surface area contributed by atoms with E-state index in [0.717, 1.165) is 47.5 Å². The standard InChI is InChI=1S/C12H23N7S4/c1-18(11(13)20)3-5-22-7-9-10(16-17-15-9)8-23-6-4-19(2)12(14)21/h3-8H2,1-2H3,(H2,13,20)(H2,14,21)(H,15,16,17). The van der Waals surface area contributed by atoms with Gasteiger partial charge in [-0.3, -0.25) is 0 Å². The zero-order chi connectivity index (χ0) is 17.2. The minimum absolute atomic E-state index is 0.422. The van der Waals surface area contributed by atoms with Gasteiger partial charge >= 0.3 is 0 Å². The Hall–Kier alpha value is -0.780. The molecule has 1 rings (SSSR count). The van der Waals surface area contributed by atoms with Crippen LogP contribution >= 0.6 is 48.0 Å². The summed E-state index contributed by atoms with van der Waals surface area (Å²) < 4.78 is 0. The average Bonchev–Trinajstić information content (AvgIpc) is 2.94. The fourth-order valence-electron chi connectivity index (χ4n) is 1.47. The molecule has 0 atom stereocenters. The molecule has 0 aromatic carbocycles. The lowest BCUT2D eigenvalue weighted by molar-refractivity contribution is 0.544. The third kappa shape index (κ3) is 8.04. The number of rotatable bonds is 10. The van der Waals surface area contributed by atoms with Gasteiger partial charge in [0.2, 0.25) is 0 Å². The van der Waals surface area contributed by atoms with Crippen molar-refractivity contribution >= 4 is 58.2 Å². The Morgan fingerprint density at radius 3 is 1.70 bits per heavy atom. The van der Waals surface area contributed by atoms with Crippen LogP contribution in [-0.2, 0) is 11.5 Å². The van der Waals surface area contributed by atoms with Crippen molar-refractivity contribution < 1.29 is 0 Å². The van der Waals surface area contributed by atoms with Crippen LogP contribution in [-0.4, -0.2) is 74.1 Å². The highest BCUT2D eigenvalue weighted by Crippen LogP contribution is 2.17. The van der Waals surface area contributed by atoms with Crippen molar-refractivity contribution in [2.75, 3.05) is 38.7 Å². The van der Waals surface area contributed by atoms with E-state index >= 15 is 0 Å². The van der Waals surface area contributed by atoms with Crippen LogP contribution in [0.25, 0.3) is 0 Å². The lowest BCUT2D eigenvalue weighted by atomic mass is 10.4. The maximum atomic E-state index is 5.54. The van der Waals surface area contributed by atoms with Crippen LogP contribution in [0.4, 0.5) is 0 Å².